The summed E-state index contributed by atoms with van der Waals surface area (Å²) in [5.41, 5.74) is 1.38. The monoisotopic (exact) mass is 422 g/mol. The first-order valence-electron chi connectivity index (χ1n) is 7.95. The molecule has 2 aromatic carbocycles. The van der Waals surface area contributed by atoms with Crippen LogP contribution in [0.2, 0.25) is 10.0 Å². The molecule has 1 heterocycles. The average molecular weight is 423 g/mol. The molecule has 9 heteroatoms. The quantitative estimate of drug-likeness (QED) is 0.582. The number of nitrogens with zero attached hydrogens (tertiary/aromatic N) is 3. The SMILES string of the molecule is COc1ccc(-n2cnnc2S[C@@H](C)C(=O)Nc2ccc(Cl)cc2Cl)cc1. The van der Waals surface area contributed by atoms with Crippen LogP contribution in [-0.4, -0.2) is 33.0 Å². The number of hydrogen-bond donors (Lipinski definition) is 1. The van der Waals surface area contributed by atoms with Gasteiger partial charge in [0, 0.05) is 10.7 Å². The molecule has 0 radical (unpaired) electrons. The molecule has 0 spiro atoms. The number of ether oxygens (including phenoxy) is 1. The number of carbonyl (C=O) groups is 1. The van der Waals surface area contributed by atoms with Gasteiger partial charge in [-0.25, -0.2) is 0 Å². The minimum Gasteiger partial charge on any atom is -0.497 e. The van der Waals surface area contributed by atoms with Gasteiger partial charge in [-0.2, -0.15) is 0 Å². The fourth-order valence-corrected chi connectivity index (χ4v) is 3.56. The summed E-state index contributed by atoms with van der Waals surface area (Å²) < 4.78 is 6.98. The van der Waals surface area contributed by atoms with Gasteiger partial charge in [0.2, 0.25) is 5.91 Å². The Morgan fingerprint density at radius 1 is 1.22 bits per heavy atom. The highest BCUT2D eigenvalue weighted by Gasteiger charge is 2.19. The van der Waals surface area contributed by atoms with E-state index in [1.54, 1.807) is 38.6 Å². The first-order valence-corrected chi connectivity index (χ1v) is 9.58. The van der Waals surface area contributed by atoms with Crippen molar-refractivity contribution in [3.05, 3.63) is 58.8 Å². The zero-order valence-corrected chi connectivity index (χ0v) is 16.8. The Hall–Kier alpha value is -2.22. The molecule has 0 aliphatic rings. The highest BCUT2D eigenvalue weighted by Crippen LogP contribution is 2.28. The number of benzene rings is 2. The second kappa shape index (κ2) is 8.65. The highest BCUT2D eigenvalue weighted by atomic mass is 35.5. The summed E-state index contributed by atoms with van der Waals surface area (Å²) in [6.45, 7) is 1.79. The number of halogens is 2. The van der Waals surface area contributed by atoms with Gasteiger partial charge in [-0.05, 0) is 49.4 Å². The Morgan fingerprint density at radius 2 is 1.96 bits per heavy atom. The molecule has 0 fully saturated rings. The molecule has 0 saturated carbocycles. The van der Waals surface area contributed by atoms with E-state index in [4.69, 9.17) is 27.9 Å². The number of methoxy groups -OCH3 is 1. The molecule has 3 aromatic rings. The van der Waals surface area contributed by atoms with Crippen molar-refractivity contribution in [3.8, 4) is 11.4 Å². The molecule has 3 rings (SSSR count). The number of anilines is 1. The van der Waals surface area contributed by atoms with Crippen LogP contribution in [0.1, 0.15) is 6.92 Å². The first kappa shape index (κ1) is 19.5. The lowest BCUT2D eigenvalue weighted by atomic mass is 10.3. The molecule has 6 nitrogen and oxygen atoms in total. The van der Waals surface area contributed by atoms with Crippen LogP contribution in [0, 0.1) is 0 Å². The fraction of sp³-hybridized carbons (Fsp3) is 0.167. The maximum Gasteiger partial charge on any atom is 0.237 e. The summed E-state index contributed by atoms with van der Waals surface area (Å²) in [7, 11) is 1.61. The molecule has 0 unspecified atom stereocenters. The van der Waals surface area contributed by atoms with E-state index in [1.807, 2.05) is 28.8 Å². The summed E-state index contributed by atoms with van der Waals surface area (Å²) in [5, 5.41) is 11.9. The van der Waals surface area contributed by atoms with Gasteiger partial charge in [0.1, 0.15) is 12.1 Å². The van der Waals surface area contributed by atoms with Crippen molar-refractivity contribution in [1.29, 1.82) is 0 Å². The van der Waals surface area contributed by atoms with E-state index >= 15 is 0 Å². The molecule has 0 bridgehead atoms. The summed E-state index contributed by atoms with van der Waals surface area (Å²) in [6.07, 6.45) is 1.60. The van der Waals surface area contributed by atoms with Crippen LogP contribution >= 0.6 is 35.0 Å². The number of aromatic nitrogens is 3. The third kappa shape index (κ3) is 4.74. The maximum atomic E-state index is 12.5. The zero-order valence-electron chi connectivity index (χ0n) is 14.5. The summed E-state index contributed by atoms with van der Waals surface area (Å²) in [4.78, 5) is 12.5. The van der Waals surface area contributed by atoms with Crippen molar-refractivity contribution < 1.29 is 9.53 Å². The van der Waals surface area contributed by atoms with Crippen molar-refractivity contribution in [2.45, 2.75) is 17.3 Å². The lowest BCUT2D eigenvalue weighted by Crippen LogP contribution is -2.23. The molecule has 1 amide bonds. The van der Waals surface area contributed by atoms with Crippen molar-refractivity contribution in [1.82, 2.24) is 14.8 Å². The van der Waals surface area contributed by atoms with E-state index < -0.39 is 5.25 Å². The van der Waals surface area contributed by atoms with Gasteiger partial charge in [-0.1, -0.05) is 35.0 Å². The smallest absolute Gasteiger partial charge is 0.237 e. The number of amides is 1. The lowest BCUT2D eigenvalue weighted by Gasteiger charge is -2.13. The number of carbonyl (C=O) groups excluding carboxylic acids is 1. The Kier molecular flexibility index (Phi) is 6.26. The number of nitrogens with one attached hydrogen (secondary N) is 1. The van der Waals surface area contributed by atoms with Crippen molar-refractivity contribution in [3.63, 3.8) is 0 Å². The normalized spacial score (nSPS) is 11.9. The standard InChI is InChI=1S/C18H16Cl2N4O2S/c1-11(17(25)22-16-8-3-12(19)9-15(16)20)27-18-23-21-10-24(18)13-4-6-14(26-2)7-5-13/h3-11H,1-2H3,(H,22,25)/t11-/m0/s1. The summed E-state index contributed by atoms with van der Waals surface area (Å²) in [6, 6.07) is 12.4. The van der Waals surface area contributed by atoms with Crippen molar-refractivity contribution in [2.24, 2.45) is 0 Å². The molecule has 0 aliphatic heterocycles. The molecule has 0 saturated heterocycles. The average Bonchev–Trinajstić information content (AvgIpc) is 3.12. The van der Waals surface area contributed by atoms with Crippen LogP contribution in [0.25, 0.3) is 5.69 Å². The van der Waals surface area contributed by atoms with E-state index in [2.05, 4.69) is 15.5 Å². The summed E-state index contributed by atoms with van der Waals surface area (Å²) in [5.74, 6) is 0.558. The maximum absolute atomic E-state index is 12.5. The summed E-state index contributed by atoms with van der Waals surface area (Å²) >= 11 is 13.3. The van der Waals surface area contributed by atoms with Crippen LogP contribution in [0.3, 0.4) is 0 Å². The molecule has 27 heavy (non-hydrogen) atoms. The minimum absolute atomic E-state index is 0.200. The molecular formula is C18H16Cl2N4O2S. The molecule has 1 atom stereocenters. The van der Waals surface area contributed by atoms with Crippen LogP contribution in [0.5, 0.6) is 5.75 Å². The Morgan fingerprint density at radius 3 is 2.63 bits per heavy atom. The van der Waals surface area contributed by atoms with Gasteiger partial charge in [0.15, 0.2) is 5.16 Å². The predicted octanol–water partition coefficient (Wildman–Crippen LogP) is 4.70. The van der Waals surface area contributed by atoms with E-state index in [1.165, 1.54) is 11.8 Å². The van der Waals surface area contributed by atoms with E-state index in [0.29, 0.717) is 20.9 Å². The van der Waals surface area contributed by atoms with Gasteiger partial charge in [0.05, 0.1) is 23.1 Å². The van der Waals surface area contributed by atoms with Gasteiger partial charge in [-0.15, -0.1) is 10.2 Å². The predicted molar refractivity (Wildman–Crippen MR) is 108 cm³/mol. The van der Waals surface area contributed by atoms with Crippen LogP contribution in [-0.2, 0) is 4.79 Å². The first-order chi connectivity index (χ1) is 13.0. The molecular weight excluding hydrogens is 407 g/mol. The van der Waals surface area contributed by atoms with Crippen LogP contribution in [0.4, 0.5) is 5.69 Å². The van der Waals surface area contributed by atoms with Gasteiger partial charge in [0.25, 0.3) is 0 Å². The van der Waals surface area contributed by atoms with Crippen LogP contribution in [0.15, 0.2) is 53.9 Å². The number of hydrogen-bond acceptors (Lipinski definition) is 5. The van der Waals surface area contributed by atoms with E-state index in [9.17, 15) is 4.79 Å². The van der Waals surface area contributed by atoms with E-state index in [0.717, 1.165) is 11.4 Å². The molecule has 1 N–H and O–H groups in total. The van der Waals surface area contributed by atoms with Crippen molar-refractivity contribution in [2.75, 3.05) is 12.4 Å². The second-order valence-electron chi connectivity index (χ2n) is 5.56. The third-order valence-corrected chi connectivity index (χ3v) is 5.31. The van der Waals surface area contributed by atoms with Crippen molar-refractivity contribution >= 4 is 46.6 Å². The molecule has 0 aliphatic carbocycles. The van der Waals surface area contributed by atoms with Gasteiger partial charge >= 0.3 is 0 Å². The fourth-order valence-electron chi connectivity index (χ4n) is 2.26. The van der Waals surface area contributed by atoms with Gasteiger partial charge < -0.3 is 10.1 Å². The Balaban J connectivity index is 1.71. The van der Waals surface area contributed by atoms with Crippen LogP contribution < -0.4 is 10.1 Å². The Bertz CT molecular complexity index is 947. The lowest BCUT2D eigenvalue weighted by molar-refractivity contribution is -0.115. The zero-order chi connectivity index (χ0) is 19.4. The largest absolute Gasteiger partial charge is 0.497 e. The van der Waals surface area contributed by atoms with E-state index in [-0.39, 0.29) is 5.91 Å². The second-order valence-corrected chi connectivity index (χ2v) is 7.71. The molecule has 1 aromatic heterocycles. The topological polar surface area (TPSA) is 69.0 Å². The third-order valence-electron chi connectivity index (χ3n) is 3.71. The highest BCUT2D eigenvalue weighted by molar-refractivity contribution is 8.00. The van der Waals surface area contributed by atoms with Gasteiger partial charge in [-0.3, -0.25) is 9.36 Å². The number of rotatable bonds is 6. The Labute approximate surface area is 170 Å². The number of thioether (sulfide) groups is 1. The molecule has 140 valence electrons. The minimum atomic E-state index is -0.419.